The third-order valence-corrected chi connectivity index (χ3v) is 6.59. The van der Waals surface area contributed by atoms with Crippen LogP contribution >= 0.6 is 0 Å². The summed E-state index contributed by atoms with van der Waals surface area (Å²) in [5.74, 6) is 1.50. The van der Waals surface area contributed by atoms with Gasteiger partial charge in [-0.2, -0.15) is 0 Å². The molecule has 2 atom stereocenters. The predicted octanol–water partition coefficient (Wildman–Crippen LogP) is 3.30. The number of amidine groups is 1. The van der Waals surface area contributed by atoms with Crippen LogP contribution in [0.5, 0.6) is 5.75 Å². The summed E-state index contributed by atoms with van der Waals surface area (Å²) in [6.07, 6.45) is 4.01. The van der Waals surface area contributed by atoms with E-state index in [2.05, 4.69) is 17.9 Å². The molecule has 2 amide bonds. The van der Waals surface area contributed by atoms with E-state index in [-0.39, 0.29) is 18.2 Å². The number of carbonyl (C=O) groups is 1. The SMILES string of the molecule is CCC1CN2C(=O)N(Cc3ccc(OC)cc3)c3cc(N4CC[C@@H](OC)C4)cnc3C2=N1. The molecule has 1 aromatic carbocycles. The Labute approximate surface area is 188 Å². The summed E-state index contributed by atoms with van der Waals surface area (Å²) < 4.78 is 10.8. The number of carbonyl (C=O) groups excluding carboxylic acids is 1. The zero-order chi connectivity index (χ0) is 22.2. The van der Waals surface area contributed by atoms with E-state index in [4.69, 9.17) is 19.5 Å². The van der Waals surface area contributed by atoms with Crippen LogP contribution in [-0.2, 0) is 11.3 Å². The highest BCUT2D eigenvalue weighted by Crippen LogP contribution is 2.36. The van der Waals surface area contributed by atoms with Crippen LogP contribution in [0.1, 0.15) is 31.0 Å². The van der Waals surface area contributed by atoms with Crippen molar-refractivity contribution < 1.29 is 14.3 Å². The van der Waals surface area contributed by atoms with Gasteiger partial charge >= 0.3 is 6.03 Å². The number of hydrogen-bond acceptors (Lipinski definition) is 6. The molecule has 1 aromatic heterocycles. The van der Waals surface area contributed by atoms with Crippen molar-refractivity contribution in [3.05, 3.63) is 47.8 Å². The van der Waals surface area contributed by atoms with Gasteiger partial charge < -0.3 is 14.4 Å². The Hall–Kier alpha value is -3.13. The fourth-order valence-electron chi connectivity index (χ4n) is 4.62. The van der Waals surface area contributed by atoms with Gasteiger partial charge in [-0.05, 0) is 36.6 Å². The highest BCUT2D eigenvalue weighted by atomic mass is 16.5. The van der Waals surface area contributed by atoms with Crippen molar-refractivity contribution in [2.75, 3.05) is 43.7 Å². The lowest BCUT2D eigenvalue weighted by Crippen LogP contribution is -2.50. The molecular formula is C24H29N5O3. The number of benzene rings is 1. The molecule has 0 N–H and O–H groups in total. The molecule has 0 spiro atoms. The van der Waals surface area contributed by atoms with E-state index >= 15 is 0 Å². The van der Waals surface area contributed by atoms with Gasteiger partial charge in [0.15, 0.2) is 5.84 Å². The minimum atomic E-state index is -0.0434. The fraction of sp³-hybridized carbons (Fsp3) is 0.458. The molecule has 0 bridgehead atoms. The van der Waals surface area contributed by atoms with Crippen LogP contribution in [0.2, 0.25) is 0 Å². The Kier molecular flexibility index (Phi) is 5.46. The van der Waals surface area contributed by atoms with Gasteiger partial charge in [0.1, 0.15) is 11.4 Å². The zero-order valence-corrected chi connectivity index (χ0v) is 18.8. The summed E-state index contributed by atoms with van der Waals surface area (Å²) in [5, 5.41) is 0. The first-order valence-corrected chi connectivity index (χ1v) is 11.2. The molecule has 5 rings (SSSR count). The van der Waals surface area contributed by atoms with Gasteiger partial charge in [-0.15, -0.1) is 0 Å². The third kappa shape index (κ3) is 3.58. The molecule has 168 valence electrons. The predicted molar refractivity (Wildman–Crippen MR) is 124 cm³/mol. The van der Waals surface area contributed by atoms with Crippen LogP contribution in [-0.4, -0.2) is 67.8 Å². The van der Waals surface area contributed by atoms with E-state index in [1.807, 2.05) is 35.4 Å². The number of pyridine rings is 1. The highest BCUT2D eigenvalue weighted by Gasteiger charge is 2.41. The first-order chi connectivity index (χ1) is 15.6. The standard InChI is InChI=1S/C24H29N5O3/c1-4-17-14-29-23(26-17)22-21(11-18(12-25-22)27-10-9-20(15-27)32-3)28(24(29)30)13-16-5-7-19(31-2)8-6-16/h5-8,11-12,17,20H,4,9-10,13-15H2,1-3H3/t17?,20-/m1/s1. The number of aromatic nitrogens is 1. The molecule has 1 fully saturated rings. The smallest absolute Gasteiger partial charge is 0.330 e. The maximum Gasteiger partial charge on any atom is 0.330 e. The molecule has 8 heteroatoms. The number of anilines is 2. The lowest BCUT2D eigenvalue weighted by Gasteiger charge is -2.35. The minimum absolute atomic E-state index is 0.0434. The Morgan fingerprint density at radius 3 is 2.66 bits per heavy atom. The van der Waals surface area contributed by atoms with Crippen molar-refractivity contribution >= 4 is 23.2 Å². The first kappa shape index (κ1) is 20.8. The second-order valence-corrected chi connectivity index (χ2v) is 8.50. The zero-order valence-electron chi connectivity index (χ0n) is 18.8. The molecule has 4 heterocycles. The highest BCUT2D eigenvalue weighted by molar-refractivity contribution is 6.19. The molecule has 32 heavy (non-hydrogen) atoms. The number of rotatable bonds is 6. The Morgan fingerprint density at radius 1 is 1.16 bits per heavy atom. The molecule has 0 saturated carbocycles. The molecular weight excluding hydrogens is 406 g/mol. The van der Waals surface area contributed by atoms with Gasteiger partial charge in [0.25, 0.3) is 0 Å². The second-order valence-electron chi connectivity index (χ2n) is 8.50. The second kappa shape index (κ2) is 8.43. The molecule has 3 aliphatic rings. The maximum atomic E-state index is 13.6. The van der Waals surface area contributed by atoms with Crippen LogP contribution in [0.3, 0.4) is 0 Å². The number of fused-ring (bicyclic) bond motifs is 3. The average Bonchev–Trinajstić information content (AvgIpc) is 3.49. The molecule has 2 aromatic rings. The van der Waals surface area contributed by atoms with E-state index in [9.17, 15) is 4.79 Å². The summed E-state index contributed by atoms with van der Waals surface area (Å²) in [4.78, 5) is 29.1. The Bertz CT molecular complexity index is 1040. The van der Waals surface area contributed by atoms with Crippen LogP contribution in [0.4, 0.5) is 16.2 Å². The van der Waals surface area contributed by atoms with E-state index < -0.39 is 0 Å². The van der Waals surface area contributed by atoms with Crippen molar-refractivity contribution in [1.82, 2.24) is 9.88 Å². The number of aliphatic imine (C=N–C) groups is 1. The largest absolute Gasteiger partial charge is 0.497 e. The van der Waals surface area contributed by atoms with Crippen LogP contribution < -0.4 is 14.5 Å². The van der Waals surface area contributed by atoms with Crippen molar-refractivity contribution in [2.24, 2.45) is 4.99 Å². The van der Waals surface area contributed by atoms with Gasteiger partial charge in [-0.1, -0.05) is 19.1 Å². The van der Waals surface area contributed by atoms with E-state index in [1.54, 1.807) is 19.1 Å². The Morgan fingerprint density at radius 2 is 1.97 bits per heavy atom. The number of nitrogens with zero attached hydrogens (tertiary/aromatic N) is 5. The van der Waals surface area contributed by atoms with E-state index in [1.165, 1.54) is 0 Å². The summed E-state index contributed by atoms with van der Waals surface area (Å²) in [7, 11) is 3.41. The topological polar surface area (TPSA) is 70.5 Å². The summed E-state index contributed by atoms with van der Waals surface area (Å²) in [6, 6.07) is 9.99. The van der Waals surface area contributed by atoms with Crippen molar-refractivity contribution in [2.45, 2.75) is 38.5 Å². The number of urea groups is 1. The quantitative estimate of drug-likeness (QED) is 0.696. The first-order valence-electron chi connectivity index (χ1n) is 11.2. The maximum absolute atomic E-state index is 13.6. The number of amides is 2. The number of methoxy groups -OCH3 is 2. The molecule has 3 aliphatic heterocycles. The van der Waals surface area contributed by atoms with Crippen molar-refractivity contribution in [1.29, 1.82) is 0 Å². The molecule has 1 unspecified atom stereocenters. The molecule has 8 nitrogen and oxygen atoms in total. The van der Waals surface area contributed by atoms with Gasteiger partial charge in [0.05, 0.1) is 49.9 Å². The van der Waals surface area contributed by atoms with Crippen LogP contribution in [0, 0.1) is 0 Å². The monoisotopic (exact) mass is 435 g/mol. The van der Waals surface area contributed by atoms with E-state index in [0.717, 1.165) is 54.3 Å². The molecule has 1 saturated heterocycles. The van der Waals surface area contributed by atoms with Crippen LogP contribution in [0.25, 0.3) is 0 Å². The number of hydrogen-bond donors (Lipinski definition) is 0. The molecule has 0 aliphatic carbocycles. The molecule has 0 radical (unpaired) electrons. The van der Waals surface area contributed by atoms with Crippen molar-refractivity contribution in [3.8, 4) is 5.75 Å². The number of ether oxygens (including phenoxy) is 2. The normalized spacial score (nSPS) is 22.2. The van der Waals surface area contributed by atoms with Gasteiger partial charge in [-0.25, -0.2) is 9.78 Å². The lowest BCUT2D eigenvalue weighted by molar-refractivity contribution is 0.121. The summed E-state index contributed by atoms with van der Waals surface area (Å²) >= 11 is 0. The average molecular weight is 436 g/mol. The van der Waals surface area contributed by atoms with Crippen LogP contribution in [0.15, 0.2) is 41.5 Å². The van der Waals surface area contributed by atoms with Gasteiger partial charge in [0, 0.05) is 20.2 Å². The fourth-order valence-corrected chi connectivity index (χ4v) is 4.62. The van der Waals surface area contributed by atoms with Gasteiger partial charge in [0.2, 0.25) is 0 Å². The van der Waals surface area contributed by atoms with E-state index in [0.29, 0.717) is 18.9 Å². The minimum Gasteiger partial charge on any atom is -0.497 e. The van der Waals surface area contributed by atoms with Crippen molar-refractivity contribution in [3.63, 3.8) is 0 Å². The summed E-state index contributed by atoms with van der Waals surface area (Å²) in [5.41, 5.74) is 3.63. The summed E-state index contributed by atoms with van der Waals surface area (Å²) in [6.45, 7) is 4.91. The Balaban J connectivity index is 1.52. The lowest BCUT2D eigenvalue weighted by atomic mass is 10.1. The van der Waals surface area contributed by atoms with Gasteiger partial charge in [-0.3, -0.25) is 14.8 Å². The third-order valence-electron chi connectivity index (χ3n) is 6.59.